The van der Waals surface area contributed by atoms with E-state index in [4.69, 9.17) is 10.5 Å². The predicted molar refractivity (Wildman–Crippen MR) is 121 cm³/mol. The third-order valence-electron chi connectivity index (χ3n) is 4.82. The Labute approximate surface area is 182 Å². The number of hydrogen-bond acceptors (Lipinski definition) is 4. The monoisotopic (exact) mass is 423 g/mol. The topological polar surface area (TPSA) is 109 Å². The first kappa shape index (κ1) is 22.1. The third-order valence-corrected chi connectivity index (χ3v) is 4.82. The van der Waals surface area contributed by atoms with Gasteiger partial charge in [0.1, 0.15) is 5.75 Å². The van der Waals surface area contributed by atoms with Gasteiger partial charge in [0, 0.05) is 31.7 Å². The highest BCUT2D eigenvalue weighted by molar-refractivity contribution is 5.95. The number of aliphatic imine (C=N–C) groups is 1. The van der Waals surface area contributed by atoms with Gasteiger partial charge in [-0.05, 0) is 48.7 Å². The number of nitrogens with one attached hydrogen (secondary N) is 2. The number of hydrogen-bond donors (Lipinski definition) is 3. The number of benzene rings is 2. The Kier molecular flexibility index (Phi) is 7.86. The second kappa shape index (κ2) is 11.0. The van der Waals surface area contributed by atoms with Crippen LogP contribution < -0.4 is 26.0 Å². The first-order valence-corrected chi connectivity index (χ1v) is 10.5. The van der Waals surface area contributed by atoms with Crippen molar-refractivity contribution < 1.29 is 14.3 Å². The molecule has 31 heavy (non-hydrogen) atoms. The molecule has 0 spiro atoms. The number of ether oxygens (including phenoxy) is 1. The third kappa shape index (κ3) is 6.74. The fourth-order valence-electron chi connectivity index (χ4n) is 3.30. The van der Waals surface area contributed by atoms with Crippen LogP contribution in [0.3, 0.4) is 0 Å². The molecule has 1 heterocycles. The van der Waals surface area contributed by atoms with Crippen LogP contribution in [-0.2, 0) is 22.7 Å². The fourth-order valence-corrected chi connectivity index (χ4v) is 3.30. The first-order valence-electron chi connectivity index (χ1n) is 10.5. The summed E-state index contributed by atoms with van der Waals surface area (Å²) in [5, 5.41) is 6.56. The maximum atomic E-state index is 11.9. The smallest absolute Gasteiger partial charge is 0.255 e. The summed E-state index contributed by atoms with van der Waals surface area (Å²) in [4.78, 5) is 29.2. The number of anilines is 1. The van der Waals surface area contributed by atoms with Gasteiger partial charge in [-0.25, -0.2) is 4.99 Å². The van der Waals surface area contributed by atoms with Crippen LogP contribution in [0.4, 0.5) is 5.69 Å². The van der Waals surface area contributed by atoms with Crippen LogP contribution in [0.5, 0.6) is 5.75 Å². The van der Waals surface area contributed by atoms with Gasteiger partial charge in [0.05, 0.1) is 6.54 Å². The highest BCUT2D eigenvalue weighted by atomic mass is 16.5. The molecule has 2 aromatic rings. The molecule has 3 rings (SSSR count). The van der Waals surface area contributed by atoms with Crippen LogP contribution in [0.1, 0.15) is 30.9 Å². The van der Waals surface area contributed by atoms with Crippen molar-refractivity contribution >= 4 is 23.5 Å². The van der Waals surface area contributed by atoms with E-state index in [1.54, 1.807) is 6.07 Å². The Hall–Kier alpha value is -3.55. The van der Waals surface area contributed by atoms with Crippen molar-refractivity contribution in [1.82, 2.24) is 10.6 Å². The standard InChI is InChI=1S/C23H29N5O3/c1-2-25-23(27-15-18-5-3-6-20(13-18)31-16-21(24)29)26-14-17-8-10-19(11-9-17)28-12-4-7-22(28)30/h3,5-6,8-11,13H,2,4,7,12,14-16H2,1H3,(H2,24,29)(H2,25,26,27). The lowest BCUT2D eigenvalue weighted by atomic mass is 10.2. The lowest BCUT2D eigenvalue weighted by Crippen LogP contribution is -2.36. The van der Waals surface area contributed by atoms with E-state index in [0.717, 1.165) is 36.3 Å². The average molecular weight is 424 g/mol. The van der Waals surface area contributed by atoms with E-state index in [1.807, 2.05) is 54.3 Å². The molecule has 0 radical (unpaired) electrons. The van der Waals surface area contributed by atoms with Gasteiger partial charge in [-0.15, -0.1) is 0 Å². The molecule has 164 valence electrons. The lowest BCUT2D eigenvalue weighted by Gasteiger charge is -2.16. The molecule has 1 fully saturated rings. The summed E-state index contributed by atoms with van der Waals surface area (Å²) in [6, 6.07) is 15.4. The van der Waals surface area contributed by atoms with Crippen LogP contribution in [0.2, 0.25) is 0 Å². The fraction of sp³-hybridized carbons (Fsp3) is 0.348. The Morgan fingerprint density at radius 3 is 2.65 bits per heavy atom. The van der Waals surface area contributed by atoms with E-state index in [2.05, 4.69) is 15.6 Å². The number of carbonyl (C=O) groups is 2. The van der Waals surface area contributed by atoms with Crippen molar-refractivity contribution in [3.05, 3.63) is 59.7 Å². The van der Waals surface area contributed by atoms with Gasteiger partial charge in [-0.2, -0.15) is 0 Å². The van der Waals surface area contributed by atoms with Crippen LogP contribution >= 0.6 is 0 Å². The Morgan fingerprint density at radius 2 is 1.97 bits per heavy atom. The molecule has 8 heteroatoms. The molecule has 1 aliphatic heterocycles. The minimum Gasteiger partial charge on any atom is -0.484 e. The largest absolute Gasteiger partial charge is 0.484 e. The Balaban J connectivity index is 1.57. The van der Waals surface area contributed by atoms with E-state index in [-0.39, 0.29) is 12.5 Å². The highest BCUT2D eigenvalue weighted by Crippen LogP contribution is 2.21. The second-order valence-corrected chi connectivity index (χ2v) is 7.27. The zero-order valence-corrected chi connectivity index (χ0v) is 17.8. The van der Waals surface area contributed by atoms with Gasteiger partial charge < -0.3 is 26.0 Å². The predicted octanol–water partition coefficient (Wildman–Crippen LogP) is 1.93. The quantitative estimate of drug-likeness (QED) is 0.422. The minimum absolute atomic E-state index is 0.151. The number of carbonyl (C=O) groups excluding carboxylic acids is 2. The van der Waals surface area contributed by atoms with Gasteiger partial charge >= 0.3 is 0 Å². The number of primary amides is 1. The van der Waals surface area contributed by atoms with Gasteiger partial charge in [-0.1, -0.05) is 24.3 Å². The molecule has 8 nitrogen and oxygen atoms in total. The second-order valence-electron chi connectivity index (χ2n) is 7.27. The van der Waals surface area contributed by atoms with Crippen molar-refractivity contribution in [2.75, 3.05) is 24.6 Å². The summed E-state index contributed by atoms with van der Waals surface area (Å²) in [5.74, 6) is 0.962. The normalized spacial score (nSPS) is 13.9. The molecule has 1 saturated heterocycles. The summed E-state index contributed by atoms with van der Waals surface area (Å²) < 4.78 is 5.34. The van der Waals surface area contributed by atoms with Crippen molar-refractivity contribution in [3.8, 4) is 5.75 Å². The lowest BCUT2D eigenvalue weighted by molar-refractivity contribution is -0.120. The SMILES string of the molecule is CCNC(=NCc1cccc(OCC(N)=O)c1)NCc1ccc(N2CCCC2=O)cc1. The van der Waals surface area contributed by atoms with Crippen LogP contribution in [0, 0.1) is 0 Å². The van der Waals surface area contributed by atoms with Gasteiger partial charge in [0.15, 0.2) is 12.6 Å². The molecule has 0 unspecified atom stereocenters. The van der Waals surface area contributed by atoms with Gasteiger partial charge in [0.2, 0.25) is 5.91 Å². The van der Waals surface area contributed by atoms with E-state index < -0.39 is 5.91 Å². The van der Waals surface area contributed by atoms with Crippen molar-refractivity contribution in [2.24, 2.45) is 10.7 Å². The number of guanidine groups is 1. The maximum absolute atomic E-state index is 11.9. The van der Waals surface area contributed by atoms with Crippen molar-refractivity contribution in [1.29, 1.82) is 0 Å². The van der Waals surface area contributed by atoms with E-state index in [9.17, 15) is 9.59 Å². The van der Waals surface area contributed by atoms with Crippen molar-refractivity contribution in [2.45, 2.75) is 32.9 Å². The van der Waals surface area contributed by atoms with Crippen LogP contribution in [0.15, 0.2) is 53.5 Å². The number of amides is 2. The molecule has 0 atom stereocenters. The van der Waals surface area contributed by atoms with Gasteiger partial charge in [0.25, 0.3) is 5.91 Å². The van der Waals surface area contributed by atoms with E-state index >= 15 is 0 Å². The summed E-state index contributed by atoms with van der Waals surface area (Å²) in [7, 11) is 0. The minimum atomic E-state index is -0.512. The molecule has 0 saturated carbocycles. The Morgan fingerprint density at radius 1 is 1.16 bits per heavy atom. The summed E-state index contributed by atoms with van der Waals surface area (Å²) >= 11 is 0. The number of rotatable bonds is 9. The molecule has 2 aromatic carbocycles. The molecule has 1 aliphatic rings. The molecule has 0 bridgehead atoms. The maximum Gasteiger partial charge on any atom is 0.255 e. The molecular formula is C23H29N5O3. The molecular weight excluding hydrogens is 394 g/mol. The summed E-state index contributed by atoms with van der Waals surface area (Å²) in [5.41, 5.74) is 8.12. The number of nitrogens with zero attached hydrogens (tertiary/aromatic N) is 2. The summed E-state index contributed by atoms with van der Waals surface area (Å²) in [6.07, 6.45) is 1.55. The van der Waals surface area contributed by atoms with Crippen LogP contribution in [-0.4, -0.2) is 37.5 Å². The zero-order chi connectivity index (χ0) is 22.1. The van der Waals surface area contributed by atoms with E-state index in [1.165, 1.54) is 0 Å². The summed E-state index contributed by atoms with van der Waals surface area (Å²) in [6.45, 7) is 4.46. The van der Waals surface area contributed by atoms with Gasteiger partial charge in [-0.3, -0.25) is 9.59 Å². The zero-order valence-electron chi connectivity index (χ0n) is 17.8. The molecule has 2 amide bonds. The average Bonchev–Trinajstić information content (AvgIpc) is 3.21. The first-order chi connectivity index (χ1) is 15.0. The van der Waals surface area contributed by atoms with E-state index in [0.29, 0.717) is 31.2 Å². The van der Waals surface area contributed by atoms with Crippen LogP contribution in [0.25, 0.3) is 0 Å². The molecule has 0 aromatic heterocycles. The molecule has 0 aliphatic carbocycles. The Bertz CT molecular complexity index is 927. The van der Waals surface area contributed by atoms with Crippen molar-refractivity contribution in [3.63, 3.8) is 0 Å². The highest BCUT2D eigenvalue weighted by Gasteiger charge is 2.21. The number of nitrogens with two attached hydrogens (primary N) is 1. The molecule has 4 N–H and O–H groups in total.